The largest absolute Gasteiger partial charge is 0.465 e. The van der Waals surface area contributed by atoms with Gasteiger partial charge in [0.1, 0.15) is 0 Å². The molecule has 1 rings (SSSR count). The molecule has 0 radical (unpaired) electrons. The summed E-state index contributed by atoms with van der Waals surface area (Å²) in [5, 5.41) is 3.39. The van der Waals surface area contributed by atoms with Crippen LogP contribution in [0.5, 0.6) is 0 Å². The molecule has 0 fully saturated rings. The first-order chi connectivity index (χ1) is 8.19. The number of esters is 1. The second-order valence-corrected chi connectivity index (χ2v) is 3.38. The molecule has 0 aliphatic carbocycles. The van der Waals surface area contributed by atoms with Gasteiger partial charge in [-0.2, -0.15) is 0 Å². The first kappa shape index (κ1) is 12.8. The van der Waals surface area contributed by atoms with Crippen LogP contribution in [-0.2, 0) is 4.74 Å². The van der Waals surface area contributed by atoms with Crippen molar-refractivity contribution in [2.75, 3.05) is 13.7 Å². The molecular formula is C12H13N3O2. The number of methoxy groups -OCH3 is 1. The Hall–Kier alpha value is -2.26. The van der Waals surface area contributed by atoms with E-state index in [4.69, 9.17) is 5.53 Å². The van der Waals surface area contributed by atoms with Crippen LogP contribution in [0.2, 0.25) is 0 Å². The van der Waals surface area contributed by atoms with Crippen molar-refractivity contribution < 1.29 is 9.53 Å². The van der Waals surface area contributed by atoms with E-state index >= 15 is 0 Å². The molecule has 0 amide bonds. The van der Waals surface area contributed by atoms with E-state index in [0.29, 0.717) is 12.1 Å². The molecule has 0 unspecified atom stereocenters. The molecule has 0 atom stereocenters. The van der Waals surface area contributed by atoms with Crippen LogP contribution in [0.3, 0.4) is 0 Å². The number of nitrogens with zero attached hydrogens (tertiary/aromatic N) is 3. The third-order valence-corrected chi connectivity index (χ3v) is 2.25. The first-order valence-electron chi connectivity index (χ1n) is 5.05. The number of benzene rings is 1. The molecule has 0 aliphatic heterocycles. The molecule has 5 nitrogen and oxygen atoms in total. The summed E-state index contributed by atoms with van der Waals surface area (Å²) in [6.07, 6.45) is 3.56. The first-order valence-corrected chi connectivity index (χ1v) is 5.05. The maximum Gasteiger partial charge on any atom is 0.337 e. The maximum absolute atomic E-state index is 11.3. The van der Waals surface area contributed by atoms with Crippen molar-refractivity contribution in [3.63, 3.8) is 0 Å². The topological polar surface area (TPSA) is 75.1 Å². The molecule has 88 valence electrons. The third kappa shape index (κ3) is 3.66. The number of hydrogen-bond donors (Lipinski definition) is 0. The van der Waals surface area contributed by atoms with Crippen LogP contribution in [0.15, 0.2) is 29.4 Å². The van der Waals surface area contributed by atoms with Crippen molar-refractivity contribution in [2.24, 2.45) is 5.11 Å². The molecule has 0 aromatic heterocycles. The van der Waals surface area contributed by atoms with E-state index in [1.54, 1.807) is 18.2 Å². The Kier molecular flexibility index (Phi) is 4.78. The quantitative estimate of drug-likeness (QED) is 0.345. The predicted molar refractivity (Wildman–Crippen MR) is 65.6 cm³/mol. The number of carbonyl (C=O) groups is 1. The molecule has 17 heavy (non-hydrogen) atoms. The van der Waals surface area contributed by atoms with Crippen LogP contribution in [-0.4, -0.2) is 19.6 Å². The van der Waals surface area contributed by atoms with E-state index in [0.717, 1.165) is 11.1 Å². The smallest absolute Gasteiger partial charge is 0.337 e. The Morgan fingerprint density at radius 1 is 1.59 bits per heavy atom. The summed E-state index contributed by atoms with van der Waals surface area (Å²) in [7, 11) is 1.35. The number of carbonyl (C=O) groups excluding carboxylic acids is 1. The lowest BCUT2D eigenvalue weighted by Gasteiger charge is -2.03. The van der Waals surface area contributed by atoms with Gasteiger partial charge >= 0.3 is 5.97 Å². The highest BCUT2D eigenvalue weighted by molar-refractivity contribution is 5.90. The van der Waals surface area contributed by atoms with E-state index in [2.05, 4.69) is 14.8 Å². The van der Waals surface area contributed by atoms with Crippen molar-refractivity contribution in [3.05, 3.63) is 51.4 Å². The van der Waals surface area contributed by atoms with Crippen molar-refractivity contribution in [1.82, 2.24) is 0 Å². The van der Waals surface area contributed by atoms with E-state index < -0.39 is 0 Å². The maximum atomic E-state index is 11.3. The summed E-state index contributed by atoms with van der Waals surface area (Å²) in [6.45, 7) is 2.23. The normalized spacial score (nSPS) is 10.0. The van der Waals surface area contributed by atoms with Gasteiger partial charge in [-0.1, -0.05) is 23.3 Å². The van der Waals surface area contributed by atoms with Crippen LogP contribution in [0.4, 0.5) is 0 Å². The lowest BCUT2D eigenvalue weighted by Crippen LogP contribution is -2.01. The lowest BCUT2D eigenvalue weighted by atomic mass is 10.0. The zero-order valence-corrected chi connectivity index (χ0v) is 9.75. The molecular weight excluding hydrogens is 218 g/mol. The summed E-state index contributed by atoms with van der Waals surface area (Å²) >= 11 is 0. The van der Waals surface area contributed by atoms with Crippen LogP contribution in [0.25, 0.3) is 16.5 Å². The van der Waals surface area contributed by atoms with Crippen LogP contribution in [0.1, 0.15) is 21.5 Å². The Bertz CT molecular complexity index is 489. The van der Waals surface area contributed by atoms with Crippen molar-refractivity contribution in [2.45, 2.75) is 6.92 Å². The van der Waals surface area contributed by atoms with E-state index in [-0.39, 0.29) is 5.97 Å². The Balaban J connectivity index is 2.94. The molecule has 0 saturated heterocycles. The zero-order chi connectivity index (χ0) is 12.7. The summed E-state index contributed by atoms with van der Waals surface area (Å²) in [5.74, 6) is -0.366. The Morgan fingerprint density at radius 2 is 2.35 bits per heavy atom. The lowest BCUT2D eigenvalue weighted by molar-refractivity contribution is 0.0600. The van der Waals surface area contributed by atoms with Gasteiger partial charge < -0.3 is 4.74 Å². The molecule has 1 aromatic carbocycles. The number of ether oxygens (including phenoxy) is 1. The Labute approximate surface area is 99.3 Å². The fourth-order valence-electron chi connectivity index (χ4n) is 1.33. The van der Waals surface area contributed by atoms with Gasteiger partial charge in [-0.3, -0.25) is 0 Å². The summed E-state index contributed by atoms with van der Waals surface area (Å²) in [5.41, 5.74) is 10.6. The highest BCUT2D eigenvalue weighted by Crippen LogP contribution is 2.13. The number of rotatable bonds is 4. The molecule has 0 bridgehead atoms. The SMILES string of the molecule is COC(=O)c1ccc(C)c(C=CCN=[N+]=[N-])c1. The minimum Gasteiger partial charge on any atom is -0.465 e. The van der Waals surface area contributed by atoms with Gasteiger partial charge in [0.15, 0.2) is 0 Å². The van der Waals surface area contributed by atoms with Gasteiger partial charge in [-0.05, 0) is 35.7 Å². The summed E-state index contributed by atoms with van der Waals surface area (Å²) < 4.78 is 4.64. The zero-order valence-electron chi connectivity index (χ0n) is 9.75. The summed E-state index contributed by atoms with van der Waals surface area (Å²) in [4.78, 5) is 14.0. The molecule has 0 N–H and O–H groups in total. The fourth-order valence-corrected chi connectivity index (χ4v) is 1.33. The number of aryl methyl sites for hydroxylation is 1. The van der Waals surface area contributed by atoms with Gasteiger partial charge in [-0.25, -0.2) is 4.79 Å². The molecule has 0 spiro atoms. The van der Waals surface area contributed by atoms with Crippen molar-refractivity contribution in [3.8, 4) is 0 Å². The average molecular weight is 231 g/mol. The second-order valence-electron chi connectivity index (χ2n) is 3.38. The standard InChI is InChI=1S/C12H13N3O2/c1-9-5-6-11(12(16)17-2)8-10(9)4-3-7-14-15-13/h3-6,8H,7H2,1-2H3. The minimum atomic E-state index is -0.366. The van der Waals surface area contributed by atoms with E-state index in [9.17, 15) is 4.79 Å². The van der Waals surface area contributed by atoms with E-state index in [1.807, 2.05) is 19.1 Å². The van der Waals surface area contributed by atoms with Crippen LogP contribution >= 0.6 is 0 Å². The molecule has 0 aliphatic rings. The van der Waals surface area contributed by atoms with Crippen LogP contribution < -0.4 is 0 Å². The molecule has 5 heteroatoms. The number of azide groups is 1. The van der Waals surface area contributed by atoms with Gasteiger partial charge in [0.05, 0.1) is 12.7 Å². The minimum absolute atomic E-state index is 0.290. The van der Waals surface area contributed by atoms with Gasteiger partial charge in [0.2, 0.25) is 0 Å². The third-order valence-electron chi connectivity index (χ3n) is 2.25. The molecule has 0 heterocycles. The summed E-state index contributed by atoms with van der Waals surface area (Å²) in [6, 6.07) is 5.30. The van der Waals surface area contributed by atoms with Crippen molar-refractivity contribution >= 4 is 12.0 Å². The van der Waals surface area contributed by atoms with Crippen LogP contribution in [0, 0.1) is 6.92 Å². The van der Waals surface area contributed by atoms with Gasteiger partial charge in [-0.15, -0.1) is 0 Å². The van der Waals surface area contributed by atoms with Gasteiger partial charge in [0, 0.05) is 11.5 Å². The molecule has 0 saturated carbocycles. The number of hydrogen-bond acceptors (Lipinski definition) is 3. The highest BCUT2D eigenvalue weighted by atomic mass is 16.5. The highest BCUT2D eigenvalue weighted by Gasteiger charge is 2.06. The van der Waals surface area contributed by atoms with Gasteiger partial charge in [0.25, 0.3) is 0 Å². The predicted octanol–water partition coefficient (Wildman–Crippen LogP) is 3.11. The van der Waals surface area contributed by atoms with E-state index in [1.165, 1.54) is 7.11 Å². The van der Waals surface area contributed by atoms with Crippen molar-refractivity contribution in [1.29, 1.82) is 0 Å². The Morgan fingerprint density at radius 3 is 3.00 bits per heavy atom. The monoisotopic (exact) mass is 231 g/mol. The fraction of sp³-hybridized carbons (Fsp3) is 0.250. The average Bonchev–Trinajstić information content (AvgIpc) is 2.35. The second kappa shape index (κ2) is 6.35. The molecule has 1 aromatic rings.